The molecule has 9 rings (SSSR count). The smallest absolute Gasteiger partial charge is 0.236 e. The molecule has 210 valence electrons. The molecule has 0 saturated carbocycles. The SMILES string of the molecule is c1ccc2c(-c3ccc(-c4cc(-c5ccc(-c6cccc7ccccc67)cc5)c5[nH]c6cccc[n+]6c5c4)cc3)cccc2c1. The van der Waals surface area contributed by atoms with Crippen molar-refractivity contribution in [2.75, 3.05) is 0 Å². The molecule has 7 aromatic carbocycles. The second-order valence-electron chi connectivity index (χ2n) is 11.7. The maximum atomic E-state index is 3.70. The number of pyridine rings is 1. The lowest BCUT2D eigenvalue weighted by Gasteiger charge is -2.11. The fourth-order valence-electron chi connectivity index (χ4n) is 6.85. The van der Waals surface area contributed by atoms with E-state index in [2.05, 4.69) is 179 Å². The summed E-state index contributed by atoms with van der Waals surface area (Å²) in [5, 5.41) is 5.07. The van der Waals surface area contributed by atoms with Gasteiger partial charge in [-0.25, -0.2) is 4.98 Å². The summed E-state index contributed by atoms with van der Waals surface area (Å²) in [6.45, 7) is 0. The van der Waals surface area contributed by atoms with E-state index in [-0.39, 0.29) is 0 Å². The Bertz CT molecular complexity index is 2510. The summed E-state index contributed by atoms with van der Waals surface area (Å²) in [5.41, 5.74) is 13.1. The van der Waals surface area contributed by atoms with Crippen LogP contribution >= 0.6 is 0 Å². The highest BCUT2D eigenvalue weighted by atomic mass is 15.0. The molecule has 0 bridgehead atoms. The van der Waals surface area contributed by atoms with E-state index >= 15 is 0 Å². The molecule has 0 aliphatic carbocycles. The Balaban J connectivity index is 1.17. The fourth-order valence-corrected chi connectivity index (χ4v) is 6.85. The summed E-state index contributed by atoms with van der Waals surface area (Å²) < 4.78 is 2.25. The van der Waals surface area contributed by atoms with E-state index in [1.807, 2.05) is 0 Å². The number of imidazole rings is 1. The summed E-state index contributed by atoms with van der Waals surface area (Å²) in [6.07, 6.45) is 2.13. The van der Waals surface area contributed by atoms with E-state index in [1.54, 1.807) is 0 Å². The number of fused-ring (bicyclic) bond motifs is 5. The molecule has 0 fully saturated rings. The third kappa shape index (κ3) is 4.30. The molecule has 2 nitrogen and oxygen atoms in total. The number of hydrogen-bond donors (Lipinski definition) is 1. The van der Waals surface area contributed by atoms with Gasteiger partial charge in [-0.1, -0.05) is 140 Å². The molecule has 45 heavy (non-hydrogen) atoms. The van der Waals surface area contributed by atoms with Gasteiger partial charge in [-0.3, -0.25) is 0 Å². The van der Waals surface area contributed by atoms with Crippen molar-refractivity contribution in [1.29, 1.82) is 0 Å². The second kappa shape index (κ2) is 10.3. The van der Waals surface area contributed by atoms with Crippen molar-refractivity contribution in [2.45, 2.75) is 0 Å². The third-order valence-electron chi connectivity index (χ3n) is 9.11. The average Bonchev–Trinajstić information content (AvgIpc) is 3.50. The monoisotopic (exact) mass is 573 g/mol. The number of nitrogens with zero attached hydrogens (tertiary/aromatic N) is 1. The lowest BCUT2D eigenvalue weighted by Crippen LogP contribution is -2.18. The quantitative estimate of drug-likeness (QED) is 0.202. The maximum Gasteiger partial charge on any atom is 0.284 e. The van der Waals surface area contributed by atoms with E-state index in [1.165, 1.54) is 66.1 Å². The molecule has 0 spiro atoms. The minimum Gasteiger partial charge on any atom is -0.236 e. The summed E-state index contributed by atoms with van der Waals surface area (Å²) in [5.74, 6) is 0. The predicted octanol–water partition coefficient (Wildman–Crippen LogP) is 10.9. The molecule has 2 aromatic heterocycles. The molecule has 1 N–H and O–H groups in total. The molecule has 0 atom stereocenters. The van der Waals surface area contributed by atoms with Crippen molar-refractivity contribution in [2.24, 2.45) is 0 Å². The summed E-state index contributed by atoms with van der Waals surface area (Å²) in [4.78, 5) is 3.70. The van der Waals surface area contributed by atoms with Crippen LogP contribution in [0.25, 0.3) is 82.7 Å². The number of hydrogen-bond acceptors (Lipinski definition) is 0. The largest absolute Gasteiger partial charge is 0.284 e. The van der Waals surface area contributed by atoms with Gasteiger partial charge in [-0.2, -0.15) is 4.40 Å². The van der Waals surface area contributed by atoms with Gasteiger partial charge in [-0.15, -0.1) is 0 Å². The zero-order valence-corrected chi connectivity index (χ0v) is 24.6. The van der Waals surface area contributed by atoms with Gasteiger partial charge >= 0.3 is 0 Å². The van der Waals surface area contributed by atoms with E-state index in [4.69, 9.17) is 0 Å². The van der Waals surface area contributed by atoms with E-state index in [0.717, 1.165) is 16.7 Å². The summed E-state index contributed by atoms with van der Waals surface area (Å²) in [6, 6.07) is 59.3. The third-order valence-corrected chi connectivity index (χ3v) is 9.11. The van der Waals surface area contributed by atoms with Crippen molar-refractivity contribution < 1.29 is 4.40 Å². The number of benzene rings is 7. The molecular formula is C43H29N2+. The molecular weight excluding hydrogens is 544 g/mol. The Morgan fingerprint density at radius 2 is 0.889 bits per heavy atom. The van der Waals surface area contributed by atoms with Gasteiger partial charge in [0.1, 0.15) is 0 Å². The van der Waals surface area contributed by atoms with Crippen molar-refractivity contribution in [3.05, 3.63) is 170 Å². The van der Waals surface area contributed by atoms with Crippen LogP contribution in [0, 0.1) is 0 Å². The minimum atomic E-state index is 1.07. The van der Waals surface area contributed by atoms with Crippen molar-refractivity contribution in [3.8, 4) is 44.5 Å². The van der Waals surface area contributed by atoms with Gasteiger partial charge in [-0.05, 0) is 78.7 Å². The first-order chi connectivity index (χ1) is 22.3. The van der Waals surface area contributed by atoms with Crippen molar-refractivity contribution in [1.82, 2.24) is 4.98 Å². The zero-order chi connectivity index (χ0) is 29.7. The first kappa shape index (κ1) is 25.5. The molecule has 0 unspecified atom stereocenters. The number of rotatable bonds is 4. The molecule has 0 radical (unpaired) electrons. The van der Waals surface area contributed by atoms with Crippen LogP contribution in [0.3, 0.4) is 0 Å². The standard InChI is InChI=1S/C43H28N2/c1-3-13-36-30(9-1)11-7-15-38(36)32-20-18-29(19-21-32)35-27-40(43-41(28-35)45-26-6-5-17-42(45)44-43)34-24-22-33(23-25-34)39-16-8-12-31-10-2-4-14-37(31)39/h1-28H/p+1. The topological polar surface area (TPSA) is 19.9 Å². The van der Waals surface area contributed by atoms with Crippen LogP contribution in [0.5, 0.6) is 0 Å². The van der Waals surface area contributed by atoms with Crippen LogP contribution in [0.15, 0.2) is 170 Å². The molecule has 0 amide bonds. The number of aromatic nitrogens is 2. The van der Waals surface area contributed by atoms with Gasteiger partial charge in [0, 0.05) is 11.6 Å². The average molecular weight is 574 g/mol. The number of aromatic amines is 1. The van der Waals surface area contributed by atoms with Gasteiger partial charge in [0.25, 0.3) is 5.65 Å². The maximum absolute atomic E-state index is 3.70. The summed E-state index contributed by atoms with van der Waals surface area (Å²) >= 11 is 0. The van der Waals surface area contributed by atoms with Gasteiger partial charge in [0.2, 0.25) is 0 Å². The van der Waals surface area contributed by atoms with E-state index < -0.39 is 0 Å². The van der Waals surface area contributed by atoms with Gasteiger partial charge in [0.05, 0.1) is 6.20 Å². The zero-order valence-electron chi connectivity index (χ0n) is 24.6. The first-order valence-electron chi connectivity index (χ1n) is 15.4. The van der Waals surface area contributed by atoms with Gasteiger partial charge in [0.15, 0.2) is 11.0 Å². The van der Waals surface area contributed by atoms with Crippen LogP contribution < -0.4 is 4.40 Å². The second-order valence-corrected chi connectivity index (χ2v) is 11.7. The minimum absolute atomic E-state index is 1.07. The van der Waals surface area contributed by atoms with Crippen LogP contribution in [0.4, 0.5) is 0 Å². The van der Waals surface area contributed by atoms with Crippen LogP contribution in [-0.4, -0.2) is 4.98 Å². The Hall–Kier alpha value is -5.99. The lowest BCUT2D eigenvalue weighted by molar-refractivity contribution is -0.480. The normalized spacial score (nSPS) is 11.6. The molecule has 9 aromatic rings. The molecule has 0 saturated heterocycles. The highest BCUT2D eigenvalue weighted by Gasteiger charge is 2.19. The Morgan fingerprint density at radius 3 is 1.51 bits per heavy atom. The highest BCUT2D eigenvalue weighted by molar-refractivity contribution is 5.99. The summed E-state index contributed by atoms with van der Waals surface area (Å²) in [7, 11) is 0. The molecule has 2 heterocycles. The van der Waals surface area contributed by atoms with Crippen LogP contribution in [0.2, 0.25) is 0 Å². The lowest BCUT2D eigenvalue weighted by atomic mass is 9.93. The van der Waals surface area contributed by atoms with Crippen LogP contribution in [0.1, 0.15) is 0 Å². The molecule has 0 aliphatic rings. The Morgan fingerprint density at radius 1 is 0.378 bits per heavy atom. The number of H-pyrrole nitrogens is 1. The fraction of sp³-hybridized carbons (Fsp3) is 0. The first-order valence-corrected chi connectivity index (χ1v) is 15.4. The van der Waals surface area contributed by atoms with E-state index in [0.29, 0.717) is 0 Å². The molecule has 2 heteroatoms. The number of nitrogens with one attached hydrogen (secondary N) is 1. The van der Waals surface area contributed by atoms with E-state index in [9.17, 15) is 0 Å². The molecule has 0 aliphatic heterocycles. The van der Waals surface area contributed by atoms with Crippen LogP contribution in [-0.2, 0) is 0 Å². The Labute approximate surface area is 261 Å². The van der Waals surface area contributed by atoms with Crippen molar-refractivity contribution in [3.63, 3.8) is 0 Å². The predicted molar refractivity (Wildman–Crippen MR) is 188 cm³/mol. The Kier molecular flexibility index (Phi) is 5.85. The van der Waals surface area contributed by atoms with Gasteiger partial charge < -0.3 is 0 Å². The van der Waals surface area contributed by atoms with Crippen molar-refractivity contribution >= 4 is 38.2 Å². The highest BCUT2D eigenvalue weighted by Crippen LogP contribution is 2.36.